The number of benzene rings is 2. The highest BCUT2D eigenvalue weighted by atomic mass is 16.6. The molecule has 0 saturated heterocycles. The summed E-state index contributed by atoms with van der Waals surface area (Å²) < 4.78 is 5.22. The van der Waals surface area contributed by atoms with Gasteiger partial charge in [0, 0.05) is 25.7 Å². The number of rotatable bonds is 8. The van der Waals surface area contributed by atoms with Crippen molar-refractivity contribution in [2.45, 2.75) is 19.8 Å². The molecule has 7 heteroatoms. The van der Waals surface area contributed by atoms with Gasteiger partial charge in [-0.05, 0) is 30.7 Å². The summed E-state index contributed by atoms with van der Waals surface area (Å²) in [5.74, 6) is 0.608. The van der Waals surface area contributed by atoms with Crippen LogP contribution in [0.2, 0.25) is 0 Å². The Morgan fingerprint density at radius 3 is 2.67 bits per heavy atom. The van der Waals surface area contributed by atoms with Gasteiger partial charge in [0.25, 0.3) is 0 Å². The number of carbonyl (C=O) groups is 1. The van der Waals surface area contributed by atoms with Gasteiger partial charge in [0.1, 0.15) is 5.69 Å². The maximum Gasteiger partial charge on any atom is 0.409 e. The molecule has 1 amide bonds. The van der Waals surface area contributed by atoms with Crippen LogP contribution in [0.25, 0.3) is 22.3 Å². The van der Waals surface area contributed by atoms with E-state index in [1.807, 2.05) is 36.4 Å². The standard InChI is InChI=1S/C23H25N5O2/c1-3-4-14-30-23(29)28(2)13-12-25-22-21(18-9-7-8-17(15-18)16-24)26-19-10-5-6-11-20(19)27-22/h5-11,15H,3-4,12-14H2,1-2H3,(H,25,27). The Kier molecular flexibility index (Phi) is 7.17. The maximum absolute atomic E-state index is 12.0. The molecule has 1 aromatic heterocycles. The fourth-order valence-electron chi connectivity index (χ4n) is 2.91. The molecule has 0 radical (unpaired) electrons. The lowest BCUT2D eigenvalue weighted by Gasteiger charge is -2.18. The minimum absolute atomic E-state index is 0.336. The molecular weight excluding hydrogens is 378 g/mol. The Hall–Kier alpha value is -3.66. The second kappa shape index (κ2) is 10.2. The van der Waals surface area contributed by atoms with Crippen LogP contribution in [0.5, 0.6) is 0 Å². The van der Waals surface area contributed by atoms with Gasteiger partial charge >= 0.3 is 6.09 Å². The fraction of sp³-hybridized carbons (Fsp3) is 0.304. The molecule has 0 saturated carbocycles. The molecule has 3 rings (SSSR count). The maximum atomic E-state index is 12.0. The molecule has 0 unspecified atom stereocenters. The fourth-order valence-corrected chi connectivity index (χ4v) is 2.91. The van der Waals surface area contributed by atoms with Gasteiger partial charge in [0.2, 0.25) is 0 Å². The number of nitrogens with one attached hydrogen (secondary N) is 1. The molecule has 0 aliphatic rings. The van der Waals surface area contributed by atoms with E-state index in [4.69, 9.17) is 14.7 Å². The van der Waals surface area contributed by atoms with Gasteiger partial charge in [0.15, 0.2) is 5.82 Å². The number of para-hydroxylation sites is 2. The van der Waals surface area contributed by atoms with Crippen LogP contribution in [0.3, 0.4) is 0 Å². The van der Waals surface area contributed by atoms with Gasteiger partial charge in [-0.3, -0.25) is 0 Å². The smallest absolute Gasteiger partial charge is 0.409 e. The van der Waals surface area contributed by atoms with E-state index in [-0.39, 0.29) is 6.09 Å². The SMILES string of the molecule is CCCCOC(=O)N(C)CCNc1nc2ccccc2nc1-c1cccc(C#N)c1. The Balaban J connectivity index is 1.78. The van der Waals surface area contributed by atoms with Crippen molar-refractivity contribution in [1.82, 2.24) is 14.9 Å². The topological polar surface area (TPSA) is 91.1 Å². The van der Waals surface area contributed by atoms with Crippen molar-refractivity contribution < 1.29 is 9.53 Å². The summed E-state index contributed by atoms with van der Waals surface area (Å²) in [7, 11) is 1.71. The van der Waals surface area contributed by atoms with Crippen LogP contribution < -0.4 is 5.32 Å². The number of unbranched alkanes of at least 4 members (excludes halogenated alkanes) is 1. The van der Waals surface area contributed by atoms with Gasteiger partial charge in [-0.15, -0.1) is 0 Å². The molecule has 0 spiro atoms. The highest BCUT2D eigenvalue weighted by Gasteiger charge is 2.13. The van der Waals surface area contributed by atoms with Crippen LogP contribution in [-0.2, 0) is 4.74 Å². The molecule has 0 aliphatic carbocycles. The van der Waals surface area contributed by atoms with E-state index in [0.717, 1.165) is 29.4 Å². The van der Waals surface area contributed by atoms with E-state index in [9.17, 15) is 10.1 Å². The molecule has 3 aromatic rings. The quantitative estimate of drug-likeness (QED) is 0.559. The van der Waals surface area contributed by atoms with Crippen molar-refractivity contribution in [3.63, 3.8) is 0 Å². The number of nitriles is 1. The highest BCUT2D eigenvalue weighted by molar-refractivity contribution is 5.83. The average Bonchev–Trinajstić information content (AvgIpc) is 2.78. The third kappa shape index (κ3) is 5.23. The van der Waals surface area contributed by atoms with Crippen molar-refractivity contribution >= 4 is 22.9 Å². The summed E-state index contributed by atoms with van der Waals surface area (Å²) in [4.78, 5) is 23.0. The lowest BCUT2D eigenvalue weighted by Crippen LogP contribution is -2.32. The molecule has 154 valence electrons. The van der Waals surface area contributed by atoms with Gasteiger partial charge in [0.05, 0.1) is 29.3 Å². The molecule has 1 heterocycles. The molecule has 0 fully saturated rings. The van der Waals surface area contributed by atoms with Crippen molar-refractivity contribution in [3.05, 3.63) is 54.1 Å². The zero-order chi connectivity index (χ0) is 21.3. The second-order valence-corrected chi connectivity index (χ2v) is 6.92. The van der Waals surface area contributed by atoms with Crippen LogP contribution in [0.15, 0.2) is 48.5 Å². The predicted molar refractivity (Wildman–Crippen MR) is 117 cm³/mol. The zero-order valence-electron chi connectivity index (χ0n) is 17.3. The second-order valence-electron chi connectivity index (χ2n) is 6.92. The molecule has 7 nitrogen and oxygen atoms in total. The lowest BCUT2D eigenvalue weighted by molar-refractivity contribution is 0.111. The molecular formula is C23H25N5O2. The number of anilines is 1. The number of hydrogen-bond donors (Lipinski definition) is 1. The average molecular weight is 403 g/mol. The Labute approximate surface area is 176 Å². The number of aromatic nitrogens is 2. The number of ether oxygens (including phenoxy) is 1. The number of nitrogens with zero attached hydrogens (tertiary/aromatic N) is 4. The van der Waals surface area contributed by atoms with Crippen molar-refractivity contribution in [2.75, 3.05) is 32.1 Å². The minimum Gasteiger partial charge on any atom is -0.449 e. The predicted octanol–water partition coefficient (Wildman–Crippen LogP) is 4.45. The van der Waals surface area contributed by atoms with E-state index < -0.39 is 0 Å². The van der Waals surface area contributed by atoms with Crippen LogP contribution in [-0.4, -0.2) is 47.7 Å². The van der Waals surface area contributed by atoms with Gasteiger partial charge in [-0.1, -0.05) is 37.6 Å². The number of amides is 1. The number of likely N-dealkylation sites (N-methyl/N-ethyl adjacent to an activating group) is 1. The first-order chi connectivity index (χ1) is 14.6. The normalized spacial score (nSPS) is 10.4. The first-order valence-corrected chi connectivity index (χ1v) is 10.0. The first kappa shape index (κ1) is 21.1. The van der Waals surface area contributed by atoms with E-state index >= 15 is 0 Å². The largest absolute Gasteiger partial charge is 0.449 e. The summed E-state index contributed by atoms with van der Waals surface area (Å²) in [6, 6.07) is 17.1. The molecule has 0 atom stereocenters. The first-order valence-electron chi connectivity index (χ1n) is 10.0. The van der Waals surface area contributed by atoms with Gasteiger partial charge in [-0.2, -0.15) is 5.26 Å². The molecule has 1 N–H and O–H groups in total. The Morgan fingerprint density at radius 2 is 1.93 bits per heavy atom. The highest BCUT2D eigenvalue weighted by Crippen LogP contribution is 2.27. The summed E-state index contributed by atoms with van der Waals surface area (Å²) in [6.07, 6.45) is 1.50. The molecule has 2 aromatic carbocycles. The molecule has 0 aliphatic heterocycles. The lowest BCUT2D eigenvalue weighted by atomic mass is 10.1. The third-order valence-electron chi connectivity index (χ3n) is 4.61. The van der Waals surface area contributed by atoms with E-state index in [1.54, 1.807) is 19.2 Å². The van der Waals surface area contributed by atoms with Gasteiger partial charge in [-0.25, -0.2) is 14.8 Å². The molecule has 30 heavy (non-hydrogen) atoms. The summed E-state index contributed by atoms with van der Waals surface area (Å²) in [5.41, 5.74) is 3.58. The van der Waals surface area contributed by atoms with Crippen molar-refractivity contribution in [3.8, 4) is 17.3 Å². The van der Waals surface area contributed by atoms with Crippen LogP contribution in [0.4, 0.5) is 10.6 Å². The van der Waals surface area contributed by atoms with Crippen molar-refractivity contribution in [1.29, 1.82) is 5.26 Å². The summed E-state index contributed by atoms with van der Waals surface area (Å²) in [5, 5.41) is 12.5. The third-order valence-corrected chi connectivity index (χ3v) is 4.61. The monoisotopic (exact) mass is 403 g/mol. The molecule has 0 bridgehead atoms. The van der Waals surface area contributed by atoms with Crippen molar-refractivity contribution in [2.24, 2.45) is 0 Å². The number of carbonyl (C=O) groups excluding carboxylic acids is 1. The van der Waals surface area contributed by atoms with Crippen LogP contribution in [0.1, 0.15) is 25.3 Å². The van der Waals surface area contributed by atoms with Crippen LogP contribution >= 0.6 is 0 Å². The Morgan fingerprint density at radius 1 is 1.17 bits per heavy atom. The number of fused-ring (bicyclic) bond motifs is 1. The Bertz CT molecular complexity index is 1060. The zero-order valence-corrected chi connectivity index (χ0v) is 17.3. The van der Waals surface area contributed by atoms with E-state index in [0.29, 0.717) is 36.8 Å². The van der Waals surface area contributed by atoms with Gasteiger partial charge < -0.3 is 15.0 Å². The number of hydrogen-bond acceptors (Lipinski definition) is 6. The summed E-state index contributed by atoms with van der Waals surface area (Å²) in [6.45, 7) is 3.42. The van der Waals surface area contributed by atoms with Crippen LogP contribution in [0, 0.1) is 11.3 Å². The minimum atomic E-state index is -0.336. The van der Waals surface area contributed by atoms with E-state index in [1.165, 1.54) is 4.90 Å². The van der Waals surface area contributed by atoms with E-state index in [2.05, 4.69) is 18.3 Å². The summed E-state index contributed by atoms with van der Waals surface area (Å²) >= 11 is 0.